The van der Waals surface area contributed by atoms with Gasteiger partial charge in [0.15, 0.2) is 9.84 Å². The number of ether oxygens (including phenoxy) is 1. The zero-order valence-corrected chi connectivity index (χ0v) is 17.8. The second-order valence-corrected chi connectivity index (χ2v) is 10.1. The molecule has 0 aliphatic carbocycles. The molecule has 10 heteroatoms. The zero-order chi connectivity index (χ0) is 21.1. The zero-order valence-electron chi connectivity index (χ0n) is 16.2. The van der Waals surface area contributed by atoms with E-state index < -0.39 is 19.9 Å². The van der Waals surface area contributed by atoms with Crippen LogP contribution in [0.5, 0.6) is 5.75 Å². The Balaban J connectivity index is 2.41. The van der Waals surface area contributed by atoms with E-state index in [0.717, 1.165) is 23.6 Å². The van der Waals surface area contributed by atoms with Gasteiger partial charge in [-0.05, 0) is 38.4 Å². The largest absolute Gasteiger partial charge is 0.496 e. The summed E-state index contributed by atoms with van der Waals surface area (Å²) in [4.78, 5) is 1.59. The van der Waals surface area contributed by atoms with Crippen molar-refractivity contribution in [3.8, 4) is 5.75 Å². The predicted octanol–water partition coefficient (Wildman–Crippen LogP) is 1.46. The van der Waals surface area contributed by atoms with E-state index in [1.807, 2.05) is 43.3 Å². The van der Waals surface area contributed by atoms with Gasteiger partial charge in [-0.3, -0.25) is 0 Å². The van der Waals surface area contributed by atoms with Gasteiger partial charge in [-0.15, -0.1) is 0 Å². The maximum absolute atomic E-state index is 12.2. The number of nitrogens with one attached hydrogen (secondary N) is 1. The summed E-state index contributed by atoms with van der Waals surface area (Å²) in [5.41, 5.74) is 1.24. The maximum atomic E-state index is 12.2. The number of nitrogens with zero attached hydrogens (tertiary/aromatic N) is 1. The summed E-state index contributed by atoms with van der Waals surface area (Å²) in [7, 11) is -2.30. The van der Waals surface area contributed by atoms with Gasteiger partial charge in [0.25, 0.3) is 0 Å². The fraction of sp³-hybridized carbons (Fsp3) is 0.333. The van der Waals surface area contributed by atoms with Gasteiger partial charge in [0.05, 0.1) is 28.6 Å². The lowest BCUT2D eigenvalue weighted by Crippen LogP contribution is -2.27. The first-order chi connectivity index (χ1) is 12.9. The van der Waals surface area contributed by atoms with Crippen molar-refractivity contribution in [2.75, 3.05) is 39.3 Å². The molecule has 2 aromatic rings. The van der Waals surface area contributed by atoms with Crippen LogP contribution in [0.4, 0.5) is 5.69 Å². The molecule has 0 aliphatic rings. The van der Waals surface area contributed by atoms with E-state index in [0.29, 0.717) is 12.2 Å². The summed E-state index contributed by atoms with van der Waals surface area (Å²) >= 11 is 0. The average molecular weight is 428 g/mol. The third kappa shape index (κ3) is 5.22. The van der Waals surface area contributed by atoms with Crippen molar-refractivity contribution in [1.29, 1.82) is 0 Å². The Morgan fingerprint density at radius 3 is 2.29 bits per heavy atom. The number of hydrogen-bond acceptors (Lipinski definition) is 7. The lowest BCUT2D eigenvalue weighted by Gasteiger charge is -2.27. The molecule has 0 saturated carbocycles. The fourth-order valence-electron chi connectivity index (χ4n) is 2.85. The van der Waals surface area contributed by atoms with E-state index in [1.165, 1.54) is 12.1 Å². The average Bonchev–Trinajstić information content (AvgIpc) is 2.60. The van der Waals surface area contributed by atoms with E-state index >= 15 is 0 Å². The van der Waals surface area contributed by atoms with Gasteiger partial charge in [0.2, 0.25) is 10.0 Å². The second kappa shape index (κ2) is 8.48. The topological polar surface area (TPSA) is 119 Å². The van der Waals surface area contributed by atoms with E-state index in [9.17, 15) is 16.8 Å². The highest BCUT2D eigenvalue weighted by Crippen LogP contribution is 2.30. The van der Waals surface area contributed by atoms with Crippen LogP contribution in [-0.2, 0) is 19.9 Å². The van der Waals surface area contributed by atoms with Gasteiger partial charge in [-0.1, -0.05) is 18.2 Å². The van der Waals surface area contributed by atoms with Crippen LogP contribution in [-0.4, -0.2) is 55.7 Å². The Morgan fingerprint density at radius 2 is 1.75 bits per heavy atom. The van der Waals surface area contributed by atoms with Gasteiger partial charge in [-0.2, -0.15) is 0 Å². The molecule has 1 atom stereocenters. The molecule has 8 nitrogen and oxygen atoms in total. The first kappa shape index (κ1) is 22.2. The van der Waals surface area contributed by atoms with Gasteiger partial charge in [-0.25, -0.2) is 22.0 Å². The summed E-state index contributed by atoms with van der Waals surface area (Å²) in [6.45, 7) is 0.366. The molecule has 0 heterocycles. The van der Waals surface area contributed by atoms with Crippen molar-refractivity contribution in [1.82, 2.24) is 4.90 Å². The normalized spacial score (nSPS) is 13.4. The predicted molar refractivity (Wildman–Crippen MR) is 109 cm³/mol. The van der Waals surface area contributed by atoms with Crippen LogP contribution in [0.25, 0.3) is 0 Å². The molecule has 0 saturated heterocycles. The molecule has 0 bridgehead atoms. The Hall–Kier alpha value is -2.14. The molecule has 154 valence electrons. The summed E-state index contributed by atoms with van der Waals surface area (Å²) in [6.07, 6.45) is 1.02. The third-order valence-corrected chi connectivity index (χ3v) is 6.34. The molecule has 1 unspecified atom stereocenters. The number of benzene rings is 2. The summed E-state index contributed by atoms with van der Waals surface area (Å²) < 4.78 is 52.9. The summed E-state index contributed by atoms with van der Waals surface area (Å²) in [5, 5.41) is 8.24. The number of sulfonamides is 1. The number of sulfone groups is 1. The van der Waals surface area contributed by atoms with E-state index in [-0.39, 0.29) is 15.8 Å². The Morgan fingerprint density at radius 1 is 1.11 bits per heavy atom. The van der Waals surface area contributed by atoms with Crippen LogP contribution in [0.2, 0.25) is 0 Å². The van der Waals surface area contributed by atoms with Crippen LogP contribution >= 0.6 is 0 Å². The smallest absolute Gasteiger partial charge is 0.238 e. The number of rotatable bonds is 8. The molecular formula is C18H25N3O5S2. The van der Waals surface area contributed by atoms with Gasteiger partial charge in [0.1, 0.15) is 5.75 Å². The first-order valence-corrected chi connectivity index (χ1v) is 11.8. The van der Waals surface area contributed by atoms with E-state index in [1.54, 1.807) is 7.11 Å². The molecule has 0 spiro atoms. The molecule has 0 aromatic heterocycles. The van der Waals surface area contributed by atoms with Crippen molar-refractivity contribution in [3.63, 3.8) is 0 Å². The Bertz CT molecular complexity index is 1050. The van der Waals surface area contributed by atoms with Crippen molar-refractivity contribution in [3.05, 3.63) is 48.0 Å². The SMILES string of the molecule is COc1ccccc1C(CNc1ccc(S(N)(=O)=O)cc1S(C)(=O)=O)N(C)C. The van der Waals surface area contributed by atoms with Gasteiger partial charge in [0, 0.05) is 18.4 Å². The van der Waals surface area contributed by atoms with Gasteiger partial charge >= 0.3 is 0 Å². The van der Waals surface area contributed by atoms with E-state index in [4.69, 9.17) is 9.88 Å². The Kier molecular flexibility index (Phi) is 6.71. The lowest BCUT2D eigenvalue weighted by molar-refractivity contribution is 0.300. The summed E-state index contributed by atoms with van der Waals surface area (Å²) in [5.74, 6) is 0.718. The van der Waals surface area contributed by atoms with Crippen LogP contribution < -0.4 is 15.2 Å². The minimum atomic E-state index is -4.02. The van der Waals surface area contributed by atoms with Crippen LogP contribution in [0.15, 0.2) is 52.3 Å². The van der Waals surface area contributed by atoms with E-state index in [2.05, 4.69) is 5.32 Å². The van der Waals surface area contributed by atoms with Crippen LogP contribution in [0.1, 0.15) is 11.6 Å². The molecule has 0 amide bonds. The number of primary sulfonamides is 1. The fourth-order valence-corrected chi connectivity index (χ4v) is 4.35. The highest BCUT2D eigenvalue weighted by atomic mass is 32.2. The monoisotopic (exact) mass is 427 g/mol. The summed E-state index contributed by atoms with van der Waals surface area (Å²) in [6, 6.07) is 11.2. The maximum Gasteiger partial charge on any atom is 0.238 e. The number of likely N-dealkylation sites (N-methyl/N-ethyl adjacent to an activating group) is 1. The highest BCUT2D eigenvalue weighted by Gasteiger charge is 2.21. The second-order valence-electron chi connectivity index (χ2n) is 6.58. The van der Waals surface area contributed by atoms with Gasteiger partial charge < -0.3 is 15.0 Å². The van der Waals surface area contributed by atoms with Crippen LogP contribution in [0, 0.1) is 0 Å². The minimum absolute atomic E-state index is 0.124. The minimum Gasteiger partial charge on any atom is -0.496 e. The quantitative estimate of drug-likeness (QED) is 0.655. The molecule has 28 heavy (non-hydrogen) atoms. The molecule has 0 aliphatic heterocycles. The number of anilines is 1. The third-order valence-electron chi connectivity index (χ3n) is 4.29. The highest BCUT2D eigenvalue weighted by molar-refractivity contribution is 7.91. The first-order valence-electron chi connectivity index (χ1n) is 8.35. The van der Waals surface area contributed by atoms with Crippen molar-refractivity contribution in [2.24, 2.45) is 5.14 Å². The van der Waals surface area contributed by atoms with Crippen molar-refractivity contribution < 1.29 is 21.6 Å². The van der Waals surface area contributed by atoms with Crippen LogP contribution in [0.3, 0.4) is 0 Å². The standard InChI is InChI=1S/C18H25N3O5S2/c1-21(2)16(14-7-5-6-8-17(14)26-3)12-20-15-10-9-13(28(19,24)25)11-18(15)27(4,22)23/h5-11,16,20H,12H2,1-4H3,(H2,19,24,25). The molecule has 2 rings (SSSR count). The molecule has 0 fully saturated rings. The van der Waals surface area contributed by atoms with Crippen molar-refractivity contribution >= 4 is 25.5 Å². The molecule has 2 aromatic carbocycles. The number of nitrogens with two attached hydrogens (primary N) is 1. The molecular weight excluding hydrogens is 402 g/mol. The number of para-hydroxylation sites is 1. The Labute approximate surface area is 166 Å². The number of methoxy groups -OCH3 is 1. The molecule has 0 radical (unpaired) electrons. The number of hydrogen-bond donors (Lipinski definition) is 2. The lowest BCUT2D eigenvalue weighted by atomic mass is 10.0. The van der Waals surface area contributed by atoms with Crippen molar-refractivity contribution in [2.45, 2.75) is 15.8 Å². The molecule has 3 N–H and O–H groups in total.